The summed E-state index contributed by atoms with van der Waals surface area (Å²) in [6.45, 7) is 6.97. The van der Waals surface area contributed by atoms with E-state index < -0.39 is 0 Å². The van der Waals surface area contributed by atoms with Gasteiger partial charge in [0.1, 0.15) is 18.9 Å². The summed E-state index contributed by atoms with van der Waals surface area (Å²) in [4.78, 5) is 30.6. The number of nitrogens with zero attached hydrogens (tertiary/aromatic N) is 2. The van der Waals surface area contributed by atoms with Crippen molar-refractivity contribution in [1.29, 1.82) is 0 Å². The number of benzene rings is 1. The molecule has 0 unspecified atom stereocenters. The number of carbonyl (C=O) groups is 2. The lowest BCUT2D eigenvalue weighted by molar-refractivity contribution is -0.144. The van der Waals surface area contributed by atoms with Crippen molar-refractivity contribution >= 4 is 34.8 Å². The Kier molecular flexibility index (Phi) is 7.78. The molecule has 0 fully saturated rings. The first-order chi connectivity index (χ1) is 14.4. The Bertz CT molecular complexity index is 868. The van der Waals surface area contributed by atoms with Crippen LogP contribution in [0.2, 0.25) is 5.02 Å². The van der Waals surface area contributed by atoms with Crippen molar-refractivity contribution in [2.45, 2.75) is 52.1 Å². The molecule has 0 N–H and O–H groups in total. The fraction of sp³-hybridized carbons (Fsp3) is 0.478. The molecule has 1 aliphatic heterocycles. The highest BCUT2D eigenvalue weighted by atomic mass is 35.5. The lowest BCUT2D eigenvalue weighted by atomic mass is 10.00. The molecule has 1 aromatic heterocycles. The third kappa shape index (κ3) is 5.16. The molecule has 2 atom stereocenters. The molecule has 0 saturated heterocycles. The summed E-state index contributed by atoms with van der Waals surface area (Å²) in [6, 6.07) is 9.19. The number of carbonyl (C=O) groups excluding carboxylic acids is 2. The molecule has 1 aromatic carbocycles. The van der Waals surface area contributed by atoms with E-state index in [0.29, 0.717) is 24.6 Å². The van der Waals surface area contributed by atoms with Gasteiger partial charge in [0, 0.05) is 28.9 Å². The van der Waals surface area contributed by atoms with E-state index in [0.717, 1.165) is 24.2 Å². The normalized spacial score (nSPS) is 16.7. The zero-order valence-corrected chi connectivity index (χ0v) is 19.3. The quantitative estimate of drug-likeness (QED) is 0.574. The van der Waals surface area contributed by atoms with Crippen LogP contribution in [0.3, 0.4) is 0 Å². The monoisotopic (exact) mass is 448 g/mol. The minimum atomic E-state index is -0.168. The molecular formula is C23H29ClN2O3S. The van der Waals surface area contributed by atoms with Gasteiger partial charge in [-0.3, -0.25) is 9.59 Å². The standard InChI is InChI=1S/C23H29ClN2O3S/c1-4-16(3)26(22(27)5-2)14-23(28)25-12-10-21-19(11-13-30-21)20(25)15-29-18-8-6-17(24)7-9-18/h6-9,11,13,16,20H,4-5,10,12,14-15H2,1-3H3/t16-,20-/m0/s1. The Morgan fingerprint density at radius 3 is 2.67 bits per heavy atom. The van der Waals surface area contributed by atoms with E-state index in [1.54, 1.807) is 28.4 Å². The fourth-order valence-corrected chi connectivity index (χ4v) is 4.78. The molecule has 30 heavy (non-hydrogen) atoms. The highest BCUT2D eigenvalue weighted by molar-refractivity contribution is 7.10. The van der Waals surface area contributed by atoms with Crippen LogP contribution in [-0.4, -0.2) is 47.4 Å². The predicted molar refractivity (Wildman–Crippen MR) is 121 cm³/mol. The molecule has 0 spiro atoms. The van der Waals surface area contributed by atoms with Crippen molar-refractivity contribution in [3.63, 3.8) is 0 Å². The minimum absolute atomic E-state index is 0.0138. The van der Waals surface area contributed by atoms with Crippen LogP contribution in [0.1, 0.15) is 50.1 Å². The second-order valence-corrected chi connectivity index (χ2v) is 8.99. The van der Waals surface area contributed by atoms with E-state index >= 15 is 0 Å². The van der Waals surface area contributed by atoms with Gasteiger partial charge in [-0.05, 0) is 61.0 Å². The maximum Gasteiger partial charge on any atom is 0.242 e. The Labute approximate surface area is 187 Å². The first-order valence-corrected chi connectivity index (χ1v) is 11.7. The molecule has 0 bridgehead atoms. The third-order valence-corrected chi connectivity index (χ3v) is 6.94. The second-order valence-electron chi connectivity index (χ2n) is 7.55. The number of rotatable bonds is 8. The zero-order valence-electron chi connectivity index (χ0n) is 17.8. The van der Waals surface area contributed by atoms with Crippen LogP contribution in [0, 0.1) is 0 Å². The maximum absolute atomic E-state index is 13.3. The van der Waals surface area contributed by atoms with E-state index in [1.165, 1.54) is 4.88 Å². The number of hydrogen-bond donors (Lipinski definition) is 0. The molecule has 2 amide bonds. The molecule has 7 heteroatoms. The highest BCUT2D eigenvalue weighted by Gasteiger charge is 2.34. The zero-order chi connectivity index (χ0) is 21.7. The number of ether oxygens (including phenoxy) is 1. The van der Waals surface area contributed by atoms with Crippen molar-refractivity contribution in [3.05, 3.63) is 51.2 Å². The first-order valence-electron chi connectivity index (χ1n) is 10.5. The molecule has 1 aliphatic rings. The van der Waals surface area contributed by atoms with Gasteiger partial charge in [-0.15, -0.1) is 11.3 Å². The van der Waals surface area contributed by atoms with Gasteiger partial charge >= 0.3 is 0 Å². The number of thiophene rings is 1. The summed E-state index contributed by atoms with van der Waals surface area (Å²) in [5.74, 6) is 0.704. The van der Waals surface area contributed by atoms with Gasteiger partial charge in [-0.2, -0.15) is 0 Å². The van der Waals surface area contributed by atoms with Gasteiger partial charge in [-0.1, -0.05) is 25.4 Å². The van der Waals surface area contributed by atoms with Crippen LogP contribution in [0.4, 0.5) is 0 Å². The van der Waals surface area contributed by atoms with Gasteiger partial charge in [0.2, 0.25) is 11.8 Å². The molecule has 0 aliphatic carbocycles. The average Bonchev–Trinajstić information content (AvgIpc) is 3.24. The van der Waals surface area contributed by atoms with Crippen molar-refractivity contribution in [2.75, 3.05) is 19.7 Å². The SMILES string of the molecule is CCC(=O)N(CC(=O)N1CCc2sccc2[C@@H]1COc1ccc(Cl)cc1)[C@@H](C)CC. The van der Waals surface area contributed by atoms with Gasteiger partial charge in [0.15, 0.2) is 0 Å². The second kappa shape index (κ2) is 10.3. The van der Waals surface area contributed by atoms with Crippen LogP contribution in [0.25, 0.3) is 0 Å². The van der Waals surface area contributed by atoms with Gasteiger partial charge in [0.05, 0.1) is 6.04 Å². The van der Waals surface area contributed by atoms with Crippen LogP contribution in [-0.2, 0) is 16.0 Å². The van der Waals surface area contributed by atoms with Crippen molar-refractivity contribution < 1.29 is 14.3 Å². The van der Waals surface area contributed by atoms with Crippen molar-refractivity contribution in [2.24, 2.45) is 0 Å². The van der Waals surface area contributed by atoms with Crippen LogP contribution < -0.4 is 4.74 Å². The van der Waals surface area contributed by atoms with E-state index in [9.17, 15) is 9.59 Å². The van der Waals surface area contributed by atoms with Crippen LogP contribution >= 0.6 is 22.9 Å². The molecular weight excluding hydrogens is 420 g/mol. The molecule has 0 radical (unpaired) electrons. The Morgan fingerprint density at radius 2 is 2.00 bits per heavy atom. The van der Waals surface area contributed by atoms with Crippen molar-refractivity contribution in [3.8, 4) is 5.75 Å². The predicted octanol–water partition coefficient (Wildman–Crippen LogP) is 4.94. The summed E-state index contributed by atoms with van der Waals surface area (Å²) in [6.07, 6.45) is 2.05. The topological polar surface area (TPSA) is 49.9 Å². The lowest BCUT2D eigenvalue weighted by Gasteiger charge is -2.38. The number of fused-ring (bicyclic) bond motifs is 1. The average molecular weight is 449 g/mol. The summed E-state index contributed by atoms with van der Waals surface area (Å²) >= 11 is 7.68. The first kappa shape index (κ1) is 22.6. The largest absolute Gasteiger partial charge is 0.491 e. The molecule has 2 aromatic rings. The summed E-state index contributed by atoms with van der Waals surface area (Å²) in [5.41, 5.74) is 1.14. The minimum Gasteiger partial charge on any atom is -0.491 e. The highest BCUT2D eigenvalue weighted by Crippen LogP contribution is 2.34. The van der Waals surface area contributed by atoms with Crippen molar-refractivity contribution in [1.82, 2.24) is 9.80 Å². The summed E-state index contributed by atoms with van der Waals surface area (Å²) in [7, 11) is 0. The molecule has 0 saturated carbocycles. The van der Waals surface area contributed by atoms with E-state index in [2.05, 4.69) is 11.4 Å². The molecule has 5 nitrogen and oxygen atoms in total. The molecule has 3 rings (SSSR count). The lowest BCUT2D eigenvalue weighted by Crippen LogP contribution is -2.49. The number of amides is 2. The summed E-state index contributed by atoms with van der Waals surface area (Å²) in [5, 5.41) is 2.72. The van der Waals surface area contributed by atoms with Gasteiger partial charge in [-0.25, -0.2) is 0 Å². The fourth-order valence-electron chi connectivity index (χ4n) is 3.73. The number of hydrogen-bond acceptors (Lipinski definition) is 4. The van der Waals surface area contributed by atoms with E-state index in [-0.39, 0.29) is 30.4 Å². The summed E-state index contributed by atoms with van der Waals surface area (Å²) < 4.78 is 6.02. The van der Waals surface area contributed by atoms with Gasteiger partial charge in [0.25, 0.3) is 0 Å². The Balaban J connectivity index is 1.77. The Hall–Kier alpha value is -2.05. The smallest absolute Gasteiger partial charge is 0.242 e. The third-order valence-electron chi connectivity index (χ3n) is 5.69. The van der Waals surface area contributed by atoms with Crippen LogP contribution in [0.15, 0.2) is 35.7 Å². The maximum atomic E-state index is 13.3. The van der Waals surface area contributed by atoms with Gasteiger partial charge < -0.3 is 14.5 Å². The number of halogens is 1. The van der Waals surface area contributed by atoms with E-state index in [1.807, 2.05) is 37.8 Å². The molecule has 2 heterocycles. The Morgan fingerprint density at radius 1 is 1.27 bits per heavy atom. The van der Waals surface area contributed by atoms with E-state index in [4.69, 9.17) is 16.3 Å². The van der Waals surface area contributed by atoms with Crippen LogP contribution in [0.5, 0.6) is 5.75 Å². The molecule has 162 valence electrons.